The summed E-state index contributed by atoms with van der Waals surface area (Å²) in [5.74, 6) is -1.85. The van der Waals surface area contributed by atoms with E-state index in [1.54, 1.807) is 13.8 Å². The normalized spacial score (nSPS) is 11.0. The van der Waals surface area contributed by atoms with E-state index in [9.17, 15) is 8.78 Å². The molecule has 4 heteroatoms. The van der Waals surface area contributed by atoms with E-state index in [4.69, 9.17) is 11.6 Å². The summed E-state index contributed by atoms with van der Waals surface area (Å²) in [6, 6.07) is 2.50. The highest BCUT2D eigenvalue weighted by molar-refractivity contribution is 6.36. The van der Waals surface area contributed by atoms with E-state index in [0.717, 1.165) is 11.6 Å². The summed E-state index contributed by atoms with van der Waals surface area (Å²) in [6.07, 6.45) is 0. The van der Waals surface area contributed by atoms with Crippen LogP contribution in [0.2, 0.25) is 5.02 Å². The third-order valence-electron chi connectivity index (χ3n) is 2.46. The predicted molar refractivity (Wildman–Crippen MR) is 56.1 cm³/mol. The maximum atomic E-state index is 13.4. The Bertz CT molecular complexity index is 552. The molecule has 0 saturated carbocycles. The van der Waals surface area contributed by atoms with Crippen molar-refractivity contribution < 1.29 is 8.78 Å². The minimum Gasteiger partial charge on any atom is -0.250 e. The molecule has 0 fully saturated rings. The molecule has 1 heterocycles. The molecule has 0 radical (unpaired) electrons. The number of halogens is 3. The van der Waals surface area contributed by atoms with Gasteiger partial charge in [-0.2, -0.15) is 0 Å². The highest BCUT2D eigenvalue weighted by atomic mass is 35.5. The van der Waals surface area contributed by atoms with Crippen LogP contribution in [-0.4, -0.2) is 4.98 Å². The number of pyridine rings is 1. The molecule has 2 aromatic rings. The van der Waals surface area contributed by atoms with Crippen LogP contribution in [0.15, 0.2) is 12.1 Å². The third kappa shape index (κ3) is 1.47. The van der Waals surface area contributed by atoms with Gasteiger partial charge >= 0.3 is 0 Å². The number of nitrogens with zero attached hydrogens (tertiary/aromatic N) is 1. The van der Waals surface area contributed by atoms with Crippen LogP contribution in [0.5, 0.6) is 0 Å². The van der Waals surface area contributed by atoms with Crippen molar-refractivity contribution in [1.29, 1.82) is 0 Å². The summed E-state index contributed by atoms with van der Waals surface area (Å²) >= 11 is 6.03. The maximum Gasteiger partial charge on any atom is 0.185 e. The van der Waals surface area contributed by atoms with Gasteiger partial charge in [0.25, 0.3) is 0 Å². The first kappa shape index (κ1) is 10.3. The number of aryl methyl sites for hydroxylation is 1. The molecular weight excluding hydrogens is 220 g/mol. The molecule has 0 bridgehead atoms. The van der Waals surface area contributed by atoms with E-state index in [2.05, 4.69) is 4.98 Å². The Kier molecular flexibility index (Phi) is 2.35. The zero-order valence-corrected chi connectivity index (χ0v) is 8.99. The van der Waals surface area contributed by atoms with Crippen molar-refractivity contribution >= 4 is 22.5 Å². The van der Waals surface area contributed by atoms with E-state index in [-0.39, 0.29) is 5.52 Å². The predicted octanol–water partition coefficient (Wildman–Crippen LogP) is 3.78. The van der Waals surface area contributed by atoms with Crippen LogP contribution in [0.4, 0.5) is 8.78 Å². The molecule has 1 aromatic carbocycles. The molecule has 0 spiro atoms. The first-order valence-electron chi connectivity index (χ1n) is 4.42. The lowest BCUT2D eigenvalue weighted by molar-refractivity contribution is 0.515. The molecule has 0 atom stereocenters. The zero-order valence-electron chi connectivity index (χ0n) is 8.24. The minimum atomic E-state index is -0.947. The van der Waals surface area contributed by atoms with E-state index in [0.29, 0.717) is 16.1 Å². The topological polar surface area (TPSA) is 12.9 Å². The Balaban J connectivity index is 2.98. The Hall–Kier alpha value is -1.22. The lowest BCUT2D eigenvalue weighted by Crippen LogP contribution is -1.95. The van der Waals surface area contributed by atoms with Crippen molar-refractivity contribution in [2.24, 2.45) is 0 Å². The van der Waals surface area contributed by atoms with Gasteiger partial charge in [0.2, 0.25) is 0 Å². The smallest absolute Gasteiger partial charge is 0.185 e. The molecule has 2 rings (SSSR count). The quantitative estimate of drug-likeness (QED) is 0.667. The molecule has 1 nitrogen and oxygen atoms in total. The summed E-state index contributed by atoms with van der Waals surface area (Å²) in [5, 5.41) is 0.870. The summed E-state index contributed by atoms with van der Waals surface area (Å²) < 4.78 is 26.3. The monoisotopic (exact) mass is 227 g/mol. The molecule has 0 amide bonds. The largest absolute Gasteiger partial charge is 0.250 e. The first-order valence-corrected chi connectivity index (χ1v) is 4.80. The summed E-state index contributed by atoms with van der Waals surface area (Å²) in [5.41, 5.74) is 1.38. The van der Waals surface area contributed by atoms with Gasteiger partial charge in [-0.3, -0.25) is 0 Å². The average molecular weight is 228 g/mol. The van der Waals surface area contributed by atoms with Crippen molar-refractivity contribution in [2.45, 2.75) is 13.8 Å². The molecule has 0 saturated heterocycles. The van der Waals surface area contributed by atoms with Gasteiger partial charge in [0.1, 0.15) is 5.52 Å². The second kappa shape index (κ2) is 3.42. The number of benzene rings is 1. The minimum absolute atomic E-state index is 0.0110. The van der Waals surface area contributed by atoms with Crippen molar-refractivity contribution in [3.8, 4) is 0 Å². The van der Waals surface area contributed by atoms with Crippen LogP contribution in [0, 0.1) is 25.5 Å². The molecule has 0 aliphatic heterocycles. The number of fused-ring (bicyclic) bond motifs is 1. The van der Waals surface area contributed by atoms with Gasteiger partial charge in [-0.15, -0.1) is 0 Å². The Morgan fingerprint density at radius 1 is 1.20 bits per heavy atom. The van der Waals surface area contributed by atoms with Crippen LogP contribution < -0.4 is 0 Å². The lowest BCUT2D eigenvalue weighted by Gasteiger charge is -2.07. The summed E-state index contributed by atoms with van der Waals surface area (Å²) in [7, 11) is 0. The Morgan fingerprint density at radius 3 is 2.53 bits per heavy atom. The van der Waals surface area contributed by atoms with Crippen molar-refractivity contribution in [1.82, 2.24) is 4.98 Å². The van der Waals surface area contributed by atoms with Crippen LogP contribution in [0.1, 0.15) is 11.3 Å². The molecule has 1 aromatic heterocycles. The molecule has 0 unspecified atom stereocenters. The fourth-order valence-electron chi connectivity index (χ4n) is 1.44. The highest BCUT2D eigenvalue weighted by Gasteiger charge is 2.13. The fraction of sp³-hybridized carbons (Fsp3) is 0.182. The number of hydrogen-bond acceptors (Lipinski definition) is 1. The van der Waals surface area contributed by atoms with Gasteiger partial charge in [0.05, 0.1) is 5.02 Å². The summed E-state index contributed by atoms with van der Waals surface area (Å²) in [4.78, 5) is 4.00. The first-order chi connectivity index (χ1) is 7.02. The van der Waals surface area contributed by atoms with E-state index in [1.165, 1.54) is 6.07 Å². The molecule has 15 heavy (non-hydrogen) atoms. The fourth-order valence-corrected chi connectivity index (χ4v) is 1.73. The van der Waals surface area contributed by atoms with Crippen LogP contribution in [0.25, 0.3) is 10.9 Å². The van der Waals surface area contributed by atoms with Crippen molar-refractivity contribution in [3.63, 3.8) is 0 Å². The van der Waals surface area contributed by atoms with Gasteiger partial charge in [0, 0.05) is 11.1 Å². The highest BCUT2D eigenvalue weighted by Crippen LogP contribution is 2.29. The van der Waals surface area contributed by atoms with Crippen LogP contribution in [0.3, 0.4) is 0 Å². The Morgan fingerprint density at radius 2 is 1.87 bits per heavy atom. The number of hydrogen-bond donors (Lipinski definition) is 0. The third-order valence-corrected chi connectivity index (χ3v) is 2.94. The van der Waals surface area contributed by atoms with Gasteiger partial charge in [-0.1, -0.05) is 11.6 Å². The zero-order chi connectivity index (χ0) is 11.2. The Labute approximate surface area is 90.7 Å². The second-order valence-electron chi connectivity index (χ2n) is 3.39. The molecule has 78 valence electrons. The molecule has 0 aliphatic rings. The van der Waals surface area contributed by atoms with Crippen LogP contribution >= 0.6 is 11.6 Å². The maximum absolute atomic E-state index is 13.4. The van der Waals surface area contributed by atoms with Gasteiger partial charge in [-0.05, 0) is 31.5 Å². The second-order valence-corrected chi connectivity index (χ2v) is 3.77. The van der Waals surface area contributed by atoms with E-state index in [1.807, 2.05) is 0 Å². The van der Waals surface area contributed by atoms with Crippen LogP contribution in [-0.2, 0) is 0 Å². The summed E-state index contributed by atoms with van der Waals surface area (Å²) in [6.45, 7) is 3.51. The molecular formula is C11H8ClF2N. The van der Waals surface area contributed by atoms with Crippen molar-refractivity contribution in [2.75, 3.05) is 0 Å². The molecule has 0 N–H and O–H groups in total. The van der Waals surface area contributed by atoms with Gasteiger partial charge < -0.3 is 0 Å². The standard InChI is InChI=1S/C11H8ClF2N/c1-5-6(2)15-11-7(9(5)12)3-4-8(13)10(11)14/h3-4H,1-2H3. The molecule has 0 aliphatic carbocycles. The van der Waals surface area contributed by atoms with Gasteiger partial charge in [0.15, 0.2) is 11.6 Å². The SMILES string of the molecule is Cc1nc2c(F)c(F)ccc2c(Cl)c1C. The van der Waals surface area contributed by atoms with E-state index >= 15 is 0 Å². The van der Waals surface area contributed by atoms with E-state index < -0.39 is 11.6 Å². The average Bonchev–Trinajstić information content (AvgIpc) is 2.21. The number of aromatic nitrogens is 1. The lowest BCUT2D eigenvalue weighted by atomic mass is 10.1. The van der Waals surface area contributed by atoms with Crippen molar-refractivity contribution in [3.05, 3.63) is 40.0 Å². The van der Waals surface area contributed by atoms with Gasteiger partial charge in [-0.25, -0.2) is 13.8 Å². The number of rotatable bonds is 0.